The lowest BCUT2D eigenvalue weighted by molar-refractivity contribution is -0.118. The Hall–Kier alpha value is -3.48. The summed E-state index contributed by atoms with van der Waals surface area (Å²) in [4.78, 5) is 31.6. The van der Waals surface area contributed by atoms with Crippen molar-refractivity contribution in [3.63, 3.8) is 0 Å². The quantitative estimate of drug-likeness (QED) is 0.744. The van der Waals surface area contributed by atoms with Crippen molar-refractivity contribution in [2.45, 2.75) is 0 Å². The van der Waals surface area contributed by atoms with Crippen molar-refractivity contribution in [1.29, 1.82) is 0 Å². The molecule has 7 nitrogen and oxygen atoms in total. The second-order valence-electron chi connectivity index (χ2n) is 4.94. The van der Waals surface area contributed by atoms with Crippen LogP contribution in [0.2, 0.25) is 0 Å². The summed E-state index contributed by atoms with van der Waals surface area (Å²) < 4.78 is 5.47. The molecule has 2 amide bonds. The van der Waals surface area contributed by atoms with E-state index in [0.29, 0.717) is 17.0 Å². The van der Waals surface area contributed by atoms with Crippen molar-refractivity contribution in [3.8, 4) is 5.88 Å². The largest absolute Gasteiger partial charge is 0.467 e. The fourth-order valence-electron chi connectivity index (χ4n) is 2.22. The van der Waals surface area contributed by atoms with E-state index in [1.807, 2.05) is 24.3 Å². The van der Waals surface area contributed by atoms with Crippen molar-refractivity contribution in [2.75, 3.05) is 11.9 Å². The van der Waals surface area contributed by atoms with Gasteiger partial charge >= 0.3 is 0 Å². The van der Waals surface area contributed by atoms with E-state index in [2.05, 4.69) is 15.3 Å². The maximum atomic E-state index is 12.1. The van der Waals surface area contributed by atoms with Crippen LogP contribution >= 0.6 is 0 Å². The first-order chi connectivity index (χ1) is 11.6. The van der Waals surface area contributed by atoms with Crippen LogP contribution in [0.3, 0.4) is 0 Å². The monoisotopic (exact) mass is 322 g/mol. The number of nitrogens with one attached hydrogen (secondary N) is 1. The Morgan fingerprint density at radius 1 is 1.04 bits per heavy atom. The summed E-state index contributed by atoms with van der Waals surface area (Å²) in [5.74, 6) is -0.723. The van der Waals surface area contributed by atoms with E-state index >= 15 is 0 Å². The predicted molar refractivity (Wildman–Crippen MR) is 88.6 cm³/mol. The van der Waals surface area contributed by atoms with Crippen molar-refractivity contribution in [3.05, 3.63) is 60.4 Å². The number of para-hydroxylation sites is 2. The second-order valence-corrected chi connectivity index (χ2v) is 4.94. The molecule has 0 aliphatic rings. The Kier molecular flexibility index (Phi) is 4.33. The third kappa shape index (κ3) is 3.30. The minimum atomic E-state index is -0.617. The fraction of sp³-hybridized carbons (Fsp3) is 0.0588. The van der Waals surface area contributed by atoms with Crippen LogP contribution < -0.4 is 15.8 Å². The van der Waals surface area contributed by atoms with Gasteiger partial charge < -0.3 is 15.8 Å². The topological polar surface area (TPSA) is 107 Å². The number of amides is 2. The highest BCUT2D eigenvalue weighted by Gasteiger charge is 2.12. The molecular weight excluding hydrogens is 308 g/mol. The molecule has 0 unspecified atom stereocenters. The van der Waals surface area contributed by atoms with E-state index in [1.54, 1.807) is 18.2 Å². The van der Waals surface area contributed by atoms with Crippen molar-refractivity contribution in [2.24, 2.45) is 5.73 Å². The number of carbonyl (C=O) groups excluding carboxylic acids is 2. The van der Waals surface area contributed by atoms with Gasteiger partial charge in [0, 0.05) is 0 Å². The van der Waals surface area contributed by atoms with Gasteiger partial charge in [-0.25, -0.2) is 9.97 Å². The maximum Gasteiger partial charge on any atom is 0.262 e. The van der Waals surface area contributed by atoms with Gasteiger partial charge in [0.2, 0.25) is 5.88 Å². The van der Waals surface area contributed by atoms with Crippen LogP contribution in [0.4, 0.5) is 5.69 Å². The van der Waals surface area contributed by atoms with Crippen LogP contribution in [-0.2, 0) is 4.79 Å². The first-order valence-electron chi connectivity index (χ1n) is 7.16. The molecule has 3 aromatic rings. The van der Waals surface area contributed by atoms with Crippen LogP contribution in [0.5, 0.6) is 5.88 Å². The van der Waals surface area contributed by atoms with Gasteiger partial charge in [0.15, 0.2) is 6.61 Å². The standard InChI is InChI=1S/C17H14N4O3/c18-16(23)11-5-1-4-8-14(11)21-15(22)9-24-17-12-6-2-3-7-13(12)19-10-20-17/h1-8,10H,9H2,(H2,18,23)(H,21,22). The third-order valence-corrected chi connectivity index (χ3v) is 3.31. The molecule has 0 saturated heterocycles. The van der Waals surface area contributed by atoms with Gasteiger partial charge in [-0.05, 0) is 24.3 Å². The van der Waals surface area contributed by atoms with Crippen LogP contribution in [0.15, 0.2) is 54.9 Å². The summed E-state index contributed by atoms with van der Waals surface area (Å²) in [6.45, 7) is -0.256. The highest BCUT2D eigenvalue weighted by atomic mass is 16.5. The van der Waals surface area contributed by atoms with E-state index in [-0.39, 0.29) is 12.2 Å². The van der Waals surface area contributed by atoms with E-state index in [4.69, 9.17) is 10.5 Å². The van der Waals surface area contributed by atoms with Gasteiger partial charge in [0.05, 0.1) is 22.2 Å². The average molecular weight is 322 g/mol. The Bertz CT molecular complexity index is 906. The lowest BCUT2D eigenvalue weighted by atomic mass is 10.1. The first kappa shape index (κ1) is 15.4. The number of ether oxygens (including phenoxy) is 1. The molecule has 7 heteroatoms. The highest BCUT2D eigenvalue weighted by Crippen LogP contribution is 2.20. The number of aromatic nitrogens is 2. The smallest absolute Gasteiger partial charge is 0.262 e. The zero-order chi connectivity index (χ0) is 16.9. The molecule has 0 saturated carbocycles. The van der Waals surface area contributed by atoms with Crippen molar-refractivity contribution < 1.29 is 14.3 Å². The molecule has 0 radical (unpaired) electrons. The fourth-order valence-corrected chi connectivity index (χ4v) is 2.22. The van der Waals surface area contributed by atoms with Gasteiger partial charge in [0.25, 0.3) is 11.8 Å². The minimum Gasteiger partial charge on any atom is -0.467 e. The molecule has 3 rings (SSSR count). The van der Waals surface area contributed by atoms with Crippen LogP contribution in [0.25, 0.3) is 10.9 Å². The molecule has 2 aromatic carbocycles. The number of anilines is 1. The zero-order valence-electron chi connectivity index (χ0n) is 12.6. The number of hydrogen-bond donors (Lipinski definition) is 2. The number of nitrogens with two attached hydrogens (primary N) is 1. The lowest BCUT2D eigenvalue weighted by Gasteiger charge is -2.10. The Labute approximate surface area is 137 Å². The number of rotatable bonds is 5. The molecule has 120 valence electrons. The lowest BCUT2D eigenvalue weighted by Crippen LogP contribution is -2.23. The summed E-state index contributed by atoms with van der Waals surface area (Å²) in [6.07, 6.45) is 1.37. The van der Waals surface area contributed by atoms with Gasteiger partial charge in [-0.1, -0.05) is 24.3 Å². The Balaban J connectivity index is 1.71. The maximum absolute atomic E-state index is 12.1. The van der Waals surface area contributed by atoms with Crippen LogP contribution in [0, 0.1) is 0 Å². The summed E-state index contributed by atoms with van der Waals surface area (Å²) in [5, 5.41) is 3.32. The van der Waals surface area contributed by atoms with Crippen molar-refractivity contribution >= 4 is 28.4 Å². The van der Waals surface area contributed by atoms with Gasteiger partial charge in [0.1, 0.15) is 6.33 Å². The van der Waals surface area contributed by atoms with Crippen molar-refractivity contribution in [1.82, 2.24) is 9.97 Å². The molecule has 0 aliphatic heterocycles. The Morgan fingerprint density at radius 2 is 1.79 bits per heavy atom. The van der Waals surface area contributed by atoms with E-state index in [1.165, 1.54) is 12.4 Å². The molecule has 0 fully saturated rings. The van der Waals surface area contributed by atoms with Crippen LogP contribution in [0.1, 0.15) is 10.4 Å². The summed E-state index contributed by atoms with van der Waals surface area (Å²) >= 11 is 0. The van der Waals surface area contributed by atoms with E-state index < -0.39 is 11.8 Å². The molecular formula is C17H14N4O3. The van der Waals surface area contributed by atoms with Gasteiger partial charge in [-0.3, -0.25) is 9.59 Å². The SMILES string of the molecule is NC(=O)c1ccccc1NC(=O)COc1ncnc2ccccc12. The molecule has 1 heterocycles. The number of nitrogens with zero attached hydrogens (tertiary/aromatic N) is 2. The zero-order valence-corrected chi connectivity index (χ0v) is 12.6. The number of carbonyl (C=O) groups is 2. The molecule has 3 N–H and O–H groups in total. The van der Waals surface area contributed by atoms with E-state index in [9.17, 15) is 9.59 Å². The first-order valence-corrected chi connectivity index (χ1v) is 7.16. The third-order valence-electron chi connectivity index (χ3n) is 3.31. The number of fused-ring (bicyclic) bond motifs is 1. The number of benzene rings is 2. The van der Waals surface area contributed by atoms with Crippen LogP contribution in [-0.4, -0.2) is 28.4 Å². The predicted octanol–water partition coefficient (Wildman–Crippen LogP) is 1.75. The average Bonchev–Trinajstić information content (AvgIpc) is 2.60. The summed E-state index contributed by atoms with van der Waals surface area (Å²) in [6, 6.07) is 13.8. The number of primary amides is 1. The molecule has 0 bridgehead atoms. The highest BCUT2D eigenvalue weighted by molar-refractivity contribution is 6.03. The molecule has 24 heavy (non-hydrogen) atoms. The molecule has 0 spiro atoms. The van der Waals surface area contributed by atoms with E-state index in [0.717, 1.165) is 5.52 Å². The number of hydrogen-bond acceptors (Lipinski definition) is 5. The normalized spacial score (nSPS) is 10.3. The molecule has 1 aromatic heterocycles. The van der Waals surface area contributed by atoms with Gasteiger partial charge in [-0.15, -0.1) is 0 Å². The summed E-state index contributed by atoms with van der Waals surface area (Å²) in [5.41, 5.74) is 6.58. The second kappa shape index (κ2) is 6.74. The summed E-state index contributed by atoms with van der Waals surface area (Å²) in [7, 11) is 0. The molecule has 0 atom stereocenters. The Morgan fingerprint density at radius 3 is 2.62 bits per heavy atom. The molecule has 0 aliphatic carbocycles. The van der Waals surface area contributed by atoms with Gasteiger partial charge in [-0.2, -0.15) is 0 Å². The minimum absolute atomic E-state index is 0.235.